The van der Waals surface area contributed by atoms with E-state index in [1.165, 1.54) is 0 Å². The number of nitrogens with one attached hydrogen (secondary N) is 2. The SMILES string of the molecule is Cc1ccc(-c2n[nH]c(-c3ccccc3)n2)cc1S(=O)NCc1ccccn1. The van der Waals surface area contributed by atoms with Crippen molar-refractivity contribution in [3.8, 4) is 22.8 Å². The van der Waals surface area contributed by atoms with Gasteiger partial charge in [0.05, 0.1) is 17.1 Å². The standard InChI is InChI=1S/C21H19N5OS/c1-15-10-11-17(21-24-20(25-26-21)16-7-3-2-4-8-16)13-19(15)28(27)23-14-18-9-5-6-12-22-18/h2-13,23H,14H2,1H3,(H,24,25,26). The molecule has 0 aliphatic rings. The van der Waals surface area contributed by atoms with E-state index in [1.54, 1.807) is 6.20 Å². The summed E-state index contributed by atoms with van der Waals surface area (Å²) in [5.74, 6) is 1.27. The summed E-state index contributed by atoms with van der Waals surface area (Å²) in [7, 11) is -1.36. The van der Waals surface area contributed by atoms with Crippen LogP contribution in [0.1, 0.15) is 11.3 Å². The molecule has 28 heavy (non-hydrogen) atoms. The summed E-state index contributed by atoms with van der Waals surface area (Å²) in [5, 5.41) is 7.29. The Kier molecular flexibility index (Phi) is 5.36. The molecule has 0 amide bonds. The second kappa shape index (κ2) is 8.24. The van der Waals surface area contributed by atoms with E-state index in [4.69, 9.17) is 0 Å². The van der Waals surface area contributed by atoms with Gasteiger partial charge in [-0.05, 0) is 30.7 Å². The number of rotatable bonds is 6. The van der Waals surface area contributed by atoms with Crippen LogP contribution in [0.3, 0.4) is 0 Å². The zero-order chi connectivity index (χ0) is 19.3. The summed E-state index contributed by atoms with van der Waals surface area (Å²) in [4.78, 5) is 9.53. The van der Waals surface area contributed by atoms with Gasteiger partial charge in [-0.2, -0.15) is 5.10 Å². The molecule has 2 N–H and O–H groups in total. The van der Waals surface area contributed by atoms with Crippen molar-refractivity contribution in [2.75, 3.05) is 0 Å². The van der Waals surface area contributed by atoms with Crippen LogP contribution < -0.4 is 4.72 Å². The average molecular weight is 389 g/mol. The molecular formula is C21H19N5OS. The second-order valence-corrected chi connectivity index (χ2v) is 7.53. The van der Waals surface area contributed by atoms with Gasteiger partial charge in [-0.1, -0.05) is 48.5 Å². The van der Waals surface area contributed by atoms with E-state index in [0.717, 1.165) is 22.4 Å². The molecule has 0 saturated heterocycles. The molecule has 0 saturated carbocycles. The molecule has 0 radical (unpaired) electrons. The first-order chi connectivity index (χ1) is 13.7. The van der Waals surface area contributed by atoms with Gasteiger partial charge >= 0.3 is 0 Å². The summed E-state index contributed by atoms with van der Waals surface area (Å²) in [6.07, 6.45) is 1.72. The highest BCUT2D eigenvalue weighted by atomic mass is 32.2. The molecule has 2 aromatic heterocycles. The number of aromatic amines is 1. The van der Waals surface area contributed by atoms with Gasteiger partial charge in [0.25, 0.3) is 0 Å². The second-order valence-electron chi connectivity index (χ2n) is 6.26. The van der Waals surface area contributed by atoms with Crippen LogP contribution in [-0.4, -0.2) is 24.4 Å². The van der Waals surface area contributed by atoms with Crippen molar-refractivity contribution < 1.29 is 4.21 Å². The minimum atomic E-state index is -1.36. The van der Waals surface area contributed by atoms with Gasteiger partial charge < -0.3 is 0 Å². The highest BCUT2D eigenvalue weighted by Gasteiger charge is 2.13. The maximum absolute atomic E-state index is 12.8. The zero-order valence-electron chi connectivity index (χ0n) is 15.3. The lowest BCUT2D eigenvalue weighted by molar-refractivity contribution is 0.670. The maximum Gasteiger partial charge on any atom is 0.181 e. The van der Waals surface area contributed by atoms with Crippen molar-refractivity contribution in [1.29, 1.82) is 0 Å². The van der Waals surface area contributed by atoms with E-state index in [-0.39, 0.29) is 0 Å². The number of benzene rings is 2. The summed E-state index contributed by atoms with van der Waals surface area (Å²) in [6, 6.07) is 21.2. The molecule has 0 spiro atoms. The predicted octanol–water partition coefficient (Wildman–Crippen LogP) is 3.65. The summed E-state index contributed by atoms with van der Waals surface area (Å²) in [6.45, 7) is 2.36. The fourth-order valence-corrected chi connectivity index (χ4v) is 3.80. The fourth-order valence-electron chi connectivity index (χ4n) is 2.77. The van der Waals surface area contributed by atoms with Crippen LogP contribution in [0.4, 0.5) is 0 Å². The fraction of sp³-hybridized carbons (Fsp3) is 0.0952. The molecule has 0 fully saturated rings. The van der Waals surface area contributed by atoms with Crippen LogP contribution in [0, 0.1) is 6.92 Å². The third-order valence-electron chi connectivity index (χ3n) is 4.29. The van der Waals surface area contributed by atoms with Crippen molar-refractivity contribution >= 4 is 11.0 Å². The number of hydrogen-bond acceptors (Lipinski definition) is 4. The Hall–Kier alpha value is -3.16. The molecule has 4 aromatic rings. The number of nitrogens with zero attached hydrogens (tertiary/aromatic N) is 3. The molecule has 7 heteroatoms. The van der Waals surface area contributed by atoms with E-state index in [9.17, 15) is 4.21 Å². The van der Waals surface area contributed by atoms with Gasteiger partial charge in [0.15, 0.2) is 11.6 Å². The quantitative estimate of drug-likeness (QED) is 0.527. The summed E-state index contributed by atoms with van der Waals surface area (Å²) in [5.41, 5.74) is 3.56. The first kappa shape index (κ1) is 18.2. The van der Waals surface area contributed by atoms with Crippen LogP contribution in [-0.2, 0) is 17.5 Å². The monoisotopic (exact) mass is 389 g/mol. The van der Waals surface area contributed by atoms with Crippen LogP contribution in [0.15, 0.2) is 77.8 Å². The Morgan fingerprint density at radius 3 is 2.61 bits per heavy atom. The van der Waals surface area contributed by atoms with Crippen LogP contribution in [0.2, 0.25) is 0 Å². The maximum atomic E-state index is 12.8. The lowest BCUT2D eigenvalue weighted by Gasteiger charge is -2.08. The molecule has 1 unspecified atom stereocenters. The molecule has 0 aliphatic heterocycles. The molecule has 2 heterocycles. The topological polar surface area (TPSA) is 83.6 Å². The largest absolute Gasteiger partial charge is 0.260 e. The minimum Gasteiger partial charge on any atom is -0.260 e. The number of pyridine rings is 1. The Labute approximate surface area is 165 Å². The van der Waals surface area contributed by atoms with Gasteiger partial charge in [-0.25, -0.2) is 13.9 Å². The van der Waals surface area contributed by atoms with Crippen molar-refractivity contribution in [1.82, 2.24) is 24.9 Å². The van der Waals surface area contributed by atoms with Crippen LogP contribution in [0.5, 0.6) is 0 Å². The van der Waals surface area contributed by atoms with Crippen LogP contribution >= 0.6 is 0 Å². The first-order valence-electron chi connectivity index (χ1n) is 8.85. The van der Waals surface area contributed by atoms with E-state index in [0.29, 0.717) is 23.1 Å². The highest BCUT2D eigenvalue weighted by molar-refractivity contribution is 7.83. The van der Waals surface area contributed by atoms with Crippen molar-refractivity contribution in [2.45, 2.75) is 18.4 Å². The summed E-state index contributed by atoms with van der Waals surface area (Å²) >= 11 is 0. The van der Waals surface area contributed by atoms with Gasteiger partial charge in [0.2, 0.25) is 0 Å². The van der Waals surface area contributed by atoms with Crippen molar-refractivity contribution in [3.63, 3.8) is 0 Å². The van der Waals surface area contributed by atoms with Gasteiger partial charge in [0, 0.05) is 17.3 Å². The highest BCUT2D eigenvalue weighted by Crippen LogP contribution is 2.23. The van der Waals surface area contributed by atoms with Gasteiger partial charge in [0.1, 0.15) is 11.0 Å². The average Bonchev–Trinajstić information content (AvgIpc) is 3.24. The molecule has 0 bridgehead atoms. The third-order valence-corrected chi connectivity index (χ3v) is 5.54. The molecule has 140 valence electrons. The predicted molar refractivity (Wildman–Crippen MR) is 109 cm³/mol. The van der Waals surface area contributed by atoms with E-state index < -0.39 is 11.0 Å². The third kappa shape index (κ3) is 4.05. The first-order valence-corrected chi connectivity index (χ1v) is 10.00. The number of H-pyrrole nitrogens is 1. The molecule has 2 aromatic carbocycles. The molecule has 4 rings (SSSR count). The van der Waals surface area contributed by atoms with E-state index in [1.807, 2.05) is 73.7 Å². The van der Waals surface area contributed by atoms with Gasteiger partial charge in [-0.3, -0.25) is 10.1 Å². The normalized spacial score (nSPS) is 12.0. The Morgan fingerprint density at radius 1 is 1.00 bits per heavy atom. The Morgan fingerprint density at radius 2 is 1.82 bits per heavy atom. The Bertz CT molecular complexity index is 1100. The molecule has 1 atom stereocenters. The Balaban J connectivity index is 1.55. The van der Waals surface area contributed by atoms with Gasteiger partial charge in [-0.15, -0.1) is 0 Å². The van der Waals surface area contributed by atoms with E-state index in [2.05, 4.69) is 24.9 Å². The van der Waals surface area contributed by atoms with Crippen molar-refractivity contribution in [2.24, 2.45) is 0 Å². The number of aromatic nitrogens is 4. The smallest absolute Gasteiger partial charge is 0.181 e. The molecule has 6 nitrogen and oxygen atoms in total. The van der Waals surface area contributed by atoms with Crippen LogP contribution in [0.25, 0.3) is 22.8 Å². The summed E-state index contributed by atoms with van der Waals surface area (Å²) < 4.78 is 15.8. The van der Waals surface area contributed by atoms with E-state index >= 15 is 0 Å². The molecule has 0 aliphatic carbocycles. The molecular weight excluding hydrogens is 370 g/mol. The lowest BCUT2D eigenvalue weighted by Crippen LogP contribution is -2.18. The zero-order valence-corrected chi connectivity index (χ0v) is 16.1. The number of aryl methyl sites for hydroxylation is 1. The van der Waals surface area contributed by atoms with Crippen molar-refractivity contribution in [3.05, 3.63) is 84.2 Å². The minimum absolute atomic E-state index is 0.427. The lowest BCUT2D eigenvalue weighted by atomic mass is 10.1. The number of hydrogen-bond donors (Lipinski definition) is 2.